The maximum atomic E-state index is 13.2. The summed E-state index contributed by atoms with van der Waals surface area (Å²) < 4.78 is 13.2. The van der Waals surface area contributed by atoms with E-state index in [-0.39, 0.29) is 5.75 Å². The molecule has 1 saturated heterocycles. The highest BCUT2D eigenvalue weighted by molar-refractivity contribution is 5.27. The van der Waals surface area contributed by atoms with Crippen molar-refractivity contribution in [1.29, 1.82) is 0 Å². The van der Waals surface area contributed by atoms with Crippen LogP contribution in [0.3, 0.4) is 0 Å². The number of nitrogens with zero attached hydrogens (tertiary/aromatic N) is 1. The molecule has 2 rings (SSSR count). The largest absolute Gasteiger partial charge is 0.505 e. The fraction of sp³-hybridized carbons (Fsp3) is 0.571. The summed E-state index contributed by atoms with van der Waals surface area (Å²) in [6, 6.07) is 4.67. The van der Waals surface area contributed by atoms with E-state index in [4.69, 9.17) is 5.11 Å². The molecule has 1 unspecified atom stereocenters. The maximum Gasteiger partial charge on any atom is 0.165 e. The van der Waals surface area contributed by atoms with Crippen LogP contribution in [0, 0.1) is 11.7 Å². The molecular formula is C14H20FNO. The van der Waals surface area contributed by atoms with Gasteiger partial charge in [-0.2, -0.15) is 0 Å². The van der Waals surface area contributed by atoms with Crippen molar-refractivity contribution in [2.45, 2.75) is 32.7 Å². The summed E-state index contributed by atoms with van der Waals surface area (Å²) in [7, 11) is 0. The number of piperidine rings is 1. The third-order valence-electron chi connectivity index (χ3n) is 3.60. The first kappa shape index (κ1) is 12.4. The van der Waals surface area contributed by atoms with Gasteiger partial charge in [0.1, 0.15) is 0 Å². The Balaban J connectivity index is 1.97. The van der Waals surface area contributed by atoms with E-state index in [0.29, 0.717) is 0 Å². The summed E-state index contributed by atoms with van der Waals surface area (Å²) >= 11 is 0. The van der Waals surface area contributed by atoms with Crippen LogP contribution in [-0.4, -0.2) is 23.1 Å². The van der Waals surface area contributed by atoms with Crippen LogP contribution in [-0.2, 0) is 6.54 Å². The predicted octanol–water partition coefficient (Wildman–Crippen LogP) is 3.15. The molecule has 0 spiro atoms. The van der Waals surface area contributed by atoms with Crippen molar-refractivity contribution in [3.63, 3.8) is 0 Å². The van der Waals surface area contributed by atoms with Crippen molar-refractivity contribution in [2.24, 2.45) is 5.92 Å². The molecule has 17 heavy (non-hydrogen) atoms. The SMILES string of the molecule is CCC1CCCN(Cc2ccc(O)c(F)c2)C1. The number of likely N-dealkylation sites (tertiary alicyclic amines) is 1. The van der Waals surface area contributed by atoms with Crippen LogP contribution in [0.5, 0.6) is 5.75 Å². The molecule has 0 aliphatic carbocycles. The van der Waals surface area contributed by atoms with Crippen LogP contribution < -0.4 is 0 Å². The Labute approximate surface area is 102 Å². The second kappa shape index (κ2) is 5.50. The lowest BCUT2D eigenvalue weighted by Crippen LogP contribution is -2.34. The Morgan fingerprint density at radius 2 is 2.29 bits per heavy atom. The van der Waals surface area contributed by atoms with Crippen molar-refractivity contribution in [3.8, 4) is 5.75 Å². The first-order valence-electron chi connectivity index (χ1n) is 6.38. The Morgan fingerprint density at radius 1 is 1.47 bits per heavy atom. The molecule has 0 bridgehead atoms. The van der Waals surface area contributed by atoms with Crippen LogP contribution in [0.1, 0.15) is 31.7 Å². The zero-order valence-corrected chi connectivity index (χ0v) is 10.3. The molecule has 1 aromatic rings. The molecule has 3 heteroatoms. The number of aromatic hydroxyl groups is 1. The molecule has 1 N–H and O–H groups in total. The standard InChI is InChI=1S/C14H20FNO/c1-2-11-4-3-7-16(9-11)10-12-5-6-14(17)13(15)8-12/h5-6,8,11,17H,2-4,7,9-10H2,1H3. The maximum absolute atomic E-state index is 13.2. The van der Waals surface area contributed by atoms with E-state index in [1.54, 1.807) is 6.07 Å². The van der Waals surface area contributed by atoms with Crippen molar-refractivity contribution >= 4 is 0 Å². The molecule has 1 atom stereocenters. The second-order valence-corrected chi connectivity index (χ2v) is 4.94. The highest BCUT2D eigenvalue weighted by atomic mass is 19.1. The average molecular weight is 237 g/mol. The number of phenols is 1. The topological polar surface area (TPSA) is 23.5 Å². The highest BCUT2D eigenvalue weighted by Gasteiger charge is 2.18. The zero-order chi connectivity index (χ0) is 12.3. The molecular weight excluding hydrogens is 217 g/mol. The summed E-state index contributed by atoms with van der Waals surface area (Å²) in [5.41, 5.74) is 0.942. The van der Waals surface area contributed by atoms with E-state index in [0.717, 1.165) is 31.1 Å². The van der Waals surface area contributed by atoms with Gasteiger partial charge in [0.05, 0.1) is 0 Å². The van der Waals surface area contributed by atoms with Gasteiger partial charge in [-0.1, -0.05) is 19.4 Å². The molecule has 1 heterocycles. The lowest BCUT2D eigenvalue weighted by Gasteiger charge is -2.32. The molecule has 2 nitrogen and oxygen atoms in total. The van der Waals surface area contributed by atoms with Gasteiger partial charge in [0.2, 0.25) is 0 Å². The van der Waals surface area contributed by atoms with E-state index >= 15 is 0 Å². The predicted molar refractivity (Wildman–Crippen MR) is 66.4 cm³/mol. The molecule has 1 fully saturated rings. The number of benzene rings is 1. The Hall–Kier alpha value is -1.09. The second-order valence-electron chi connectivity index (χ2n) is 4.94. The van der Waals surface area contributed by atoms with Gasteiger partial charge >= 0.3 is 0 Å². The van der Waals surface area contributed by atoms with E-state index < -0.39 is 5.82 Å². The van der Waals surface area contributed by atoms with Gasteiger partial charge in [-0.25, -0.2) is 4.39 Å². The summed E-state index contributed by atoms with van der Waals surface area (Å²) in [4.78, 5) is 2.38. The van der Waals surface area contributed by atoms with Crippen LogP contribution in [0.25, 0.3) is 0 Å². The molecule has 0 radical (unpaired) electrons. The fourth-order valence-corrected chi connectivity index (χ4v) is 2.54. The Bertz CT molecular complexity index is 380. The van der Waals surface area contributed by atoms with Crippen LogP contribution in [0.4, 0.5) is 4.39 Å². The van der Waals surface area contributed by atoms with E-state index in [1.165, 1.54) is 31.4 Å². The monoisotopic (exact) mass is 237 g/mol. The number of hydrogen-bond donors (Lipinski definition) is 1. The molecule has 0 saturated carbocycles. The van der Waals surface area contributed by atoms with Crippen LogP contribution in [0.2, 0.25) is 0 Å². The first-order valence-corrected chi connectivity index (χ1v) is 6.38. The van der Waals surface area contributed by atoms with Gasteiger partial charge in [0, 0.05) is 13.1 Å². The third kappa shape index (κ3) is 3.19. The normalized spacial score (nSPS) is 21.6. The molecule has 0 aromatic heterocycles. The van der Waals surface area contributed by atoms with E-state index in [2.05, 4.69) is 11.8 Å². The van der Waals surface area contributed by atoms with E-state index in [1.807, 2.05) is 0 Å². The summed E-state index contributed by atoms with van der Waals surface area (Å²) in [6.07, 6.45) is 3.77. The fourth-order valence-electron chi connectivity index (χ4n) is 2.54. The number of phenolic OH excluding ortho intramolecular Hbond substituents is 1. The lowest BCUT2D eigenvalue weighted by molar-refractivity contribution is 0.164. The van der Waals surface area contributed by atoms with Gasteiger partial charge < -0.3 is 5.11 Å². The summed E-state index contributed by atoms with van der Waals surface area (Å²) in [5, 5.41) is 9.14. The highest BCUT2D eigenvalue weighted by Crippen LogP contribution is 2.22. The molecule has 1 aromatic carbocycles. The zero-order valence-electron chi connectivity index (χ0n) is 10.3. The van der Waals surface area contributed by atoms with Gasteiger partial charge in [-0.05, 0) is 43.0 Å². The quantitative estimate of drug-likeness (QED) is 0.873. The van der Waals surface area contributed by atoms with E-state index in [9.17, 15) is 4.39 Å². The summed E-state index contributed by atoms with van der Waals surface area (Å²) in [5.74, 6) is -0.00362. The smallest absolute Gasteiger partial charge is 0.165 e. The number of hydrogen-bond acceptors (Lipinski definition) is 2. The molecule has 0 amide bonds. The molecule has 1 aliphatic rings. The third-order valence-corrected chi connectivity index (χ3v) is 3.60. The lowest BCUT2D eigenvalue weighted by atomic mass is 9.95. The van der Waals surface area contributed by atoms with Crippen LogP contribution >= 0.6 is 0 Å². The number of rotatable bonds is 3. The van der Waals surface area contributed by atoms with Crippen LogP contribution in [0.15, 0.2) is 18.2 Å². The Morgan fingerprint density at radius 3 is 3.00 bits per heavy atom. The average Bonchev–Trinajstić information content (AvgIpc) is 2.34. The Kier molecular flexibility index (Phi) is 4.00. The minimum atomic E-state index is -0.522. The van der Waals surface area contributed by atoms with Crippen molar-refractivity contribution in [3.05, 3.63) is 29.6 Å². The molecule has 94 valence electrons. The minimum absolute atomic E-state index is 0.265. The molecule has 1 aliphatic heterocycles. The van der Waals surface area contributed by atoms with Crippen molar-refractivity contribution in [2.75, 3.05) is 13.1 Å². The first-order chi connectivity index (χ1) is 8.19. The van der Waals surface area contributed by atoms with Gasteiger partial charge in [-0.15, -0.1) is 0 Å². The van der Waals surface area contributed by atoms with Crippen molar-refractivity contribution in [1.82, 2.24) is 4.90 Å². The number of halogens is 1. The van der Waals surface area contributed by atoms with Gasteiger partial charge in [-0.3, -0.25) is 4.90 Å². The summed E-state index contributed by atoms with van der Waals surface area (Å²) in [6.45, 7) is 5.22. The van der Waals surface area contributed by atoms with Gasteiger partial charge in [0.25, 0.3) is 0 Å². The minimum Gasteiger partial charge on any atom is -0.505 e. The van der Waals surface area contributed by atoms with Crippen molar-refractivity contribution < 1.29 is 9.50 Å². The van der Waals surface area contributed by atoms with Gasteiger partial charge in [0.15, 0.2) is 11.6 Å².